The average Bonchev–Trinajstić information content (AvgIpc) is 3.42. The van der Waals surface area contributed by atoms with Crippen molar-refractivity contribution >= 4 is 5.91 Å². The summed E-state index contributed by atoms with van der Waals surface area (Å²) in [6, 6.07) is 11.6. The van der Waals surface area contributed by atoms with Gasteiger partial charge >= 0.3 is 0 Å². The van der Waals surface area contributed by atoms with Crippen LogP contribution in [0.2, 0.25) is 0 Å². The fourth-order valence-electron chi connectivity index (χ4n) is 5.22. The minimum Gasteiger partial charge on any atom is -0.353 e. The summed E-state index contributed by atoms with van der Waals surface area (Å²) in [5.74, 6) is 1.22. The molecule has 2 aliphatic carbocycles. The van der Waals surface area contributed by atoms with Gasteiger partial charge in [-0.25, -0.2) is 0 Å². The number of nitrogens with zero attached hydrogens (tertiary/aromatic N) is 1. The van der Waals surface area contributed by atoms with E-state index in [0.29, 0.717) is 29.2 Å². The van der Waals surface area contributed by atoms with Crippen molar-refractivity contribution in [3.05, 3.63) is 35.9 Å². The van der Waals surface area contributed by atoms with E-state index in [1.165, 1.54) is 44.2 Å². The second kappa shape index (κ2) is 7.72. The van der Waals surface area contributed by atoms with Gasteiger partial charge in [0.15, 0.2) is 0 Å². The molecule has 3 nitrogen and oxygen atoms in total. The highest BCUT2D eigenvalue weighted by atomic mass is 16.2. The Morgan fingerprint density at radius 1 is 1.12 bits per heavy atom. The Morgan fingerprint density at radius 2 is 1.77 bits per heavy atom. The molecule has 0 unspecified atom stereocenters. The molecule has 1 N–H and O–H groups in total. The van der Waals surface area contributed by atoms with Crippen LogP contribution in [0.15, 0.2) is 30.3 Å². The summed E-state index contributed by atoms with van der Waals surface area (Å²) in [5.41, 5.74) is 1.89. The van der Waals surface area contributed by atoms with Crippen LogP contribution in [-0.2, 0) is 10.2 Å². The van der Waals surface area contributed by atoms with Gasteiger partial charge in [0.05, 0.1) is 0 Å². The first kappa shape index (κ1) is 18.0. The lowest BCUT2D eigenvalue weighted by Gasteiger charge is -2.44. The highest BCUT2D eigenvalue weighted by Crippen LogP contribution is 2.41. The zero-order valence-electron chi connectivity index (χ0n) is 16.3. The topological polar surface area (TPSA) is 32.3 Å². The Balaban J connectivity index is 1.34. The number of rotatable bonds is 5. The maximum atomic E-state index is 12.2. The van der Waals surface area contributed by atoms with Gasteiger partial charge in [-0.3, -0.25) is 4.79 Å². The van der Waals surface area contributed by atoms with E-state index in [1.807, 2.05) is 0 Å². The fraction of sp³-hybridized carbons (Fsp3) is 0.696. The summed E-state index contributed by atoms with van der Waals surface area (Å²) in [6.07, 6.45) is 10.1. The van der Waals surface area contributed by atoms with E-state index in [2.05, 4.69) is 47.5 Å². The van der Waals surface area contributed by atoms with Gasteiger partial charge in [0, 0.05) is 37.0 Å². The van der Waals surface area contributed by atoms with E-state index in [0.717, 1.165) is 32.4 Å². The highest BCUT2D eigenvalue weighted by Gasteiger charge is 2.40. The summed E-state index contributed by atoms with van der Waals surface area (Å²) in [4.78, 5) is 14.9. The van der Waals surface area contributed by atoms with Crippen LogP contribution >= 0.6 is 0 Å². The van der Waals surface area contributed by atoms with Crippen molar-refractivity contribution in [1.29, 1.82) is 0 Å². The maximum absolute atomic E-state index is 12.2. The Morgan fingerprint density at radius 3 is 2.38 bits per heavy atom. The molecule has 1 heterocycles. The first-order valence-corrected chi connectivity index (χ1v) is 10.7. The van der Waals surface area contributed by atoms with E-state index in [4.69, 9.17) is 0 Å². The number of carbonyl (C=O) groups excluding carboxylic acids is 1. The van der Waals surface area contributed by atoms with Gasteiger partial charge < -0.3 is 10.2 Å². The molecule has 0 bridgehead atoms. The number of nitrogens with one attached hydrogen (secondary N) is 1. The van der Waals surface area contributed by atoms with Crippen molar-refractivity contribution in [2.24, 2.45) is 11.8 Å². The SMILES string of the molecule is C[C@H]1C[C@H]1C(=O)NC1CCN(CC2(c3ccccc3)CCCCC2)CC1. The molecule has 2 atom stereocenters. The molecule has 2 saturated carbocycles. The number of carbonyl (C=O) groups is 1. The maximum Gasteiger partial charge on any atom is 0.223 e. The highest BCUT2D eigenvalue weighted by molar-refractivity contribution is 5.81. The molecule has 0 spiro atoms. The van der Waals surface area contributed by atoms with Gasteiger partial charge in [-0.15, -0.1) is 0 Å². The molecular formula is C23H34N2O. The van der Waals surface area contributed by atoms with Crippen molar-refractivity contribution < 1.29 is 4.79 Å². The van der Waals surface area contributed by atoms with E-state index in [1.54, 1.807) is 0 Å². The molecule has 0 aromatic heterocycles. The molecule has 1 amide bonds. The average molecular weight is 355 g/mol. The number of benzene rings is 1. The minimum atomic E-state index is 0.302. The smallest absolute Gasteiger partial charge is 0.223 e. The third kappa shape index (κ3) is 3.98. The van der Waals surface area contributed by atoms with Crippen LogP contribution in [0.4, 0.5) is 0 Å². The lowest BCUT2D eigenvalue weighted by molar-refractivity contribution is -0.123. The largest absolute Gasteiger partial charge is 0.353 e. The number of likely N-dealkylation sites (tertiary alicyclic amines) is 1. The molecule has 1 saturated heterocycles. The van der Waals surface area contributed by atoms with Crippen LogP contribution in [0.3, 0.4) is 0 Å². The second-order valence-electron chi connectivity index (χ2n) is 9.09. The molecule has 3 heteroatoms. The molecule has 3 fully saturated rings. The molecule has 0 radical (unpaired) electrons. The van der Waals surface area contributed by atoms with Crippen LogP contribution in [0, 0.1) is 11.8 Å². The van der Waals surface area contributed by atoms with Gasteiger partial charge in [-0.1, -0.05) is 56.5 Å². The summed E-state index contributed by atoms with van der Waals surface area (Å²) in [5, 5.41) is 3.31. The standard InChI is InChI=1S/C23H34N2O/c1-18-16-21(18)22(26)24-20-10-14-25(15-11-20)17-23(12-6-3-7-13-23)19-8-4-2-5-9-19/h2,4-5,8-9,18,20-21H,3,6-7,10-17H2,1H3,(H,24,26)/t18-,21+/m0/s1. The fourth-order valence-corrected chi connectivity index (χ4v) is 5.22. The van der Waals surface area contributed by atoms with E-state index in [9.17, 15) is 4.79 Å². The molecule has 142 valence electrons. The second-order valence-corrected chi connectivity index (χ2v) is 9.09. The zero-order valence-corrected chi connectivity index (χ0v) is 16.3. The summed E-state index contributed by atoms with van der Waals surface area (Å²) >= 11 is 0. The van der Waals surface area contributed by atoms with Crippen molar-refractivity contribution in [1.82, 2.24) is 10.2 Å². The van der Waals surface area contributed by atoms with Crippen LogP contribution in [-0.4, -0.2) is 36.5 Å². The number of piperidine rings is 1. The summed E-state index contributed by atoms with van der Waals surface area (Å²) < 4.78 is 0. The molecule has 1 aromatic rings. The van der Waals surface area contributed by atoms with Crippen LogP contribution in [0.5, 0.6) is 0 Å². The predicted molar refractivity (Wildman–Crippen MR) is 106 cm³/mol. The van der Waals surface area contributed by atoms with Crippen molar-refractivity contribution in [3.63, 3.8) is 0 Å². The predicted octanol–water partition coefficient (Wildman–Crippen LogP) is 4.13. The van der Waals surface area contributed by atoms with Crippen molar-refractivity contribution in [2.45, 2.75) is 69.7 Å². The number of hydrogen-bond acceptors (Lipinski definition) is 2. The molecule has 26 heavy (non-hydrogen) atoms. The third-order valence-electron chi connectivity index (χ3n) is 7.10. The Kier molecular flexibility index (Phi) is 5.35. The molecular weight excluding hydrogens is 320 g/mol. The minimum absolute atomic E-state index is 0.302. The third-order valence-corrected chi connectivity index (χ3v) is 7.10. The van der Waals surface area contributed by atoms with Crippen LogP contribution in [0.1, 0.15) is 63.9 Å². The van der Waals surface area contributed by atoms with Crippen molar-refractivity contribution in [2.75, 3.05) is 19.6 Å². The van der Waals surface area contributed by atoms with E-state index < -0.39 is 0 Å². The lowest BCUT2D eigenvalue weighted by Crippen LogP contribution is -2.49. The Labute approximate surface area is 158 Å². The van der Waals surface area contributed by atoms with Crippen molar-refractivity contribution in [3.8, 4) is 0 Å². The van der Waals surface area contributed by atoms with Gasteiger partial charge in [0.1, 0.15) is 0 Å². The normalized spacial score (nSPS) is 29.3. The van der Waals surface area contributed by atoms with Gasteiger partial charge in [-0.05, 0) is 43.6 Å². The number of hydrogen-bond donors (Lipinski definition) is 1. The molecule has 1 aromatic carbocycles. The lowest BCUT2D eigenvalue weighted by atomic mass is 9.69. The van der Waals surface area contributed by atoms with Crippen LogP contribution in [0.25, 0.3) is 0 Å². The summed E-state index contributed by atoms with van der Waals surface area (Å²) in [6.45, 7) is 5.62. The Bertz CT molecular complexity index is 600. The van der Waals surface area contributed by atoms with E-state index in [-0.39, 0.29) is 0 Å². The number of amides is 1. The van der Waals surface area contributed by atoms with E-state index >= 15 is 0 Å². The quantitative estimate of drug-likeness (QED) is 0.862. The molecule has 4 rings (SSSR count). The van der Waals surface area contributed by atoms with Crippen LogP contribution < -0.4 is 5.32 Å². The molecule has 3 aliphatic rings. The summed E-state index contributed by atoms with van der Waals surface area (Å²) in [7, 11) is 0. The Hall–Kier alpha value is -1.35. The van der Waals surface area contributed by atoms with Gasteiger partial charge in [-0.2, -0.15) is 0 Å². The van der Waals surface area contributed by atoms with Gasteiger partial charge in [0.25, 0.3) is 0 Å². The first-order chi connectivity index (χ1) is 12.7. The van der Waals surface area contributed by atoms with Gasteiger partial charge in [0.2, 0.25) is 5.91 Å². The monoisotopic (exact) mass is 354 g/mol. The zero-order chi connectivity index (χ0) is 18.0. The first-order valence-electron chi connectivity index (χ1n) is 10.7. The molecule has 1 aliphatic heterocycles.